The Morgan fingerprint density at radius 1 is 1.44 bits per heavy atom. The maximum absolute atomic E-state index is 12.0. The van der Waals surface area contributed by atoms with Crippen LogP contribution in [0.15, 0.2) is 36.5 Å². The lowest BCUT2D eigenvalue weighted by Crippen LogP contribution is -2.41. The van der Waals surface area contributed by atoms with Crippen LogP contribution in [0.3, 0.4) is 0 Å². The molecule has 0 saturated carbocycles. The number of hydrogen-bond donors (Lipinski definition) is 2. The van der Waals surface area contributed by atoms with E-state index in [0.717, 1.165) is 10.9 Å². The Morgan fingerprint density at radius 2 is 2.22 bits per heavy atom. The first-order valence-electron chi connectivity index (χ1n) is 5.53. The number of nitrogens with two attached hydrogens (primary N) is 1. The summed E-state index contributed by atoms with van der Waals surface area (Å²) >= 11 is 4.82. The Morgan fingerprint density at radius 3 is 2.94 bits per heavy atom. The monoisotopic (exact) mass is 259 g/mol. The average molecular weight is 259 g/mol. The van der Waals surface area contributed by atoms with Gasteiger partial charge in [0.15, 0.2) is 0 Å². The third-order valence-electron chi connectivity index (χ3n) is 2.64. The molecule has 0 saturated heterocycles. The molecule has 0 aliphatic rings. The highest BCUT2D eigenvalue weighted by molar-refractivity contribution is 7.80. The van der Waals surface area contributed by atoms with Crippen molar-refractivity contribution in [2.45, 2.75) is 13.0 Å². The van der Waals surface area contributed by atoms with Crippen LogP contribution in [0.4, 0.5) is 0 Å². The Bertz CT molecular complexity index is 612. The quantitative estimate of drug-likeness (QED) is 0.822. The summed E-state index contributed by atoms with van der Waals surface area (Å²) in [6.45, 7) is 1.75. The van der Waals surface area contributed by atoms with Crippen molar-refractivity contribution >= 4 is 34.0 Å². The molecule has 0 radical (unpaired) electrons. The van der Waals surface area contributed by atoms with Crippen molar-refractivity contribution in [3.8, 4) is 0 Å². The molecule has 4 nitrogen and oxygen atoms in total. The van der Waals surface area contributed by atoms with Gasteiger partial charge in [-0.3, -0.25) is 9.78 Å². The lowest BCUT2D eigenvalue weighted by Gasteiger charge is -2.12. The van der Waals surface area contributed by atoms with Crippen LogP contribution < -0.4 is 11.1 Å². The summed E-state index contributed by atoms with van der Waals surface area (Å²) in [6.07, 6.45) is 1.72. The van der Waals surface area contributed by atoms with Crippen LogP contribution in [-0.4, -0.2) is 21.9 Å². The highest BCUT2D eigenvalue weighted by atomic mass is 32.1. The zero-order chi connectivity index (χ0) is 13.1. The largest absolute Gasteiger partial charge is 0.392 e. The van der Waals surface area contributed by atoms with E-state index in [2.05, 4.69) is 10.3 Å². The molecular weight excluding hydrogens is 246 g/mol. The van der Waals surface area contributed by atoms with E-state index in [4.69, 9.17) is 18.0 Å². The number of benzene rings is 1. The van der Waals surface area contributed by atoms with Gasteiger partial charge in [0.1, 0.15) is 0 Å². The predicted molar refractivity (Wildman–Crippen MR) is 75.5 cm³/mol. The van der Waals surface area contributed by atoms with Gasteiger partial charge in [0.05, 0.1) is 16.5 Å². The number of nitrogens with zero attached hydrogens (tertiary/aromatic N) is 1. The third kappa shape index (κ3) is 2.62. The number of pyridine rings is 1. The number of fused-ring (bicyclic) bond motifs is 1. The highest BCUT2D eigenvalue weighted by Crippen LogP contribution is 2.13. The van der Waals surface area contributed by atoms with Crippen LogP contribution >= 0.6 is 12.2 Å². The molecular formula is C13H13N3OS. The van der Waals surface area contributed by atoms with Gasteiger partial charge in [-0.05, 0) is 31.2 Å². The van der Waals surface area contributed by atoms with Gasteiger partial charge in [-0.1, -0.05) is 18.3 Å². The summed E-state index contributed by atoms with van der Waals surface area (Å²) in [5, 5.41) is 3.66. The Balaban J connectivity index is 2.25. The van der Waals surface area contributed by atoms with Gasteiger partial charge < -0.3 is 11.1 Å². The summed E-state index contributed by atoms with van der Waals surface area (Å²) in [4.78, 5) is 16.4. The maximum Gasteiger partial charge on any atom is 0.251 e. The van der Waals surface area contributed by atoms with Crippen molar-refractivity contribution in [3.63, 3.8) is 0 Å². The van der Waals surface area contributed by atoms with Gasteiger partial charge in [-0.2, -0.15) is 0 Å². The Labute approximate surface area is 110 Å². The summed E-state index contributed by atoms with van der Waals surface area (Å²) in [6, 6.07) is 8.77. The molecule has 1 aromatic heterocycles. The molecule has 2 rings (SSSR count). The number of rotatable bonds is 3. The topological polar surface area (TPSA) is 68.0 Å². The fraction of sp³-hybridized carbons (Fsp3) is 0.154. The number of amides is 1. The first kappa shape index (κ1) is 12.4. The fourth-order valence-corrected chi connectivity index (χ4v) is 1.63. The Hall–Kier alpha value is -2.01. The Kier molecular flexibility index (Phi) is 3.53. The smallest absolute Gasteiger partial charge is 0.251 e. The van der Waals surface area contributed by atoms with Gasteiger partial charge in [-0.15, -0.1) is 0 Å². The molecule has 0 bridgehead atoms. The summed E-state index contributed by atoms with van der Waals surface area (Å²) in [5.41, 5.74) is 6.89. The maximum atomic E-state index is 12.0. The lowest BCUT2D eigenvalue weighted by molar-refractivity contribution is 0.0949. The SMILES string of the molecule is CC(NC(=O)c1ccc2ncccc2c1)C(N)=S. The number of aromatic nitrogens is 1. The molecule has 1 amide bonds. The van der Waals surface area contributed by atoms with Crippen LogP contribution in [0.1, 0.15) is 17.3 Å². The third-order valence-corrected chi connectivity index (χ3v) is 2.99. The molecule has 1 heterocycles. The second kappa shape index (κ2) is 5.10. The predicted octanol–water partition coefficient (Wildman–Crippen LogP) is 1.64. The molecule has 3 N–H and O–H groups in total. The minimum Gasteiger partial charge on any atom is -0.392 e. The molecule has 92 valence electrons. The molecule has 0 aliphatic heterocycles. The molecule has 18 heavy (non-hydrogen) atoms. The van der Waals surface area contributed by atoms with E-state index < -0.39 is 0 Å². The summed E-state index contributed by atoms with van der Waals surface area (Å²) < 4.78 is 0. The van der Waals surface area contributed by atoms with Crippen LogP contribution in [-0.2, 0) is 0 Å². The van der Waals surface area contributed by atoms with E-state index in [1.807, 2.05) is 18.2 Å². The molecule has 5 heteroatoms. The van der Waals surface area contributed by atoms with Gasteiger partial charge in [0.25, 0.3) is 5.91 Å². The number of carbonyl (C=O) groups excluding carboxylic acids is 1. The summed E-state index contributed by atoms with van der Waals surface area (Å²) in [7, 11) is 0. The van der Waals surface area contributed by atoms with Crippen molar-refractivity contribution in [2.24, 2.45) is 5.73 Å². The van der Waals surface area contributed by atoms with Crippen LogP contribution in [0, 0.1) is 0 Å². The molecule has 2 aromatic rings. The van der Waals surface area contributed by atoms with E-state index in [-0.39, 0.29) is 16.9 Å². The van der Waals surface area contributed by atoms with Crippen LogP contribution in [0.25, 0.3) is 10.9 Å². The highest BCUT2D eigenvalue weighted by Gasteiger charge is 2.11. The molecule has 0 spiro atoms. The summed E-state index contributed by atoms with van der Waals surface area (Å²) in [5.74, 6) is -0.193. The van der Waals surface area contributed by atoms with Gasteiger partial charge in [-0.25, -0.2) is 0 Å². The number of nitrogens with one attached hydrogen (secondary N) is 1. The second-order valence-electron chi connectivity index (χ2n) is 4.01. The van der Waals surface area contributed by atoms with Crippen LogP contribution in [0.5, 0.6) is 0 Å². The van der Waals surface area contributed by atoms with Crippen molar-refractivity contribution in [3.05, 3.63) is 42.1 Å². The van der Waals surface area contributed by atoms with Crippen molar-refractivity contribution in [1.29, 1.82) is 0 Å². The van der Waals surface area contributed by atoms with Gasteiger partial charge in [0, 0.05) is 17.1 Å². The molecule has 1 aromatic carbocycles. The van der Waals surface area contributed by atoms with E-state index >= 15 is 0 Å². The second-order valence-corrected chi connectivity index (χ2v) is 4.48. The molecule has 0 aliphatic carbocycles. The van der Waals surface area contributed by atoms with Crippen LogP contribution in [0.2, 0.25) is 0 Å². The normalized spacial score (nSPS) is 12.1. The van der Waals surface area contributed by atoms with Crippen molar-refractivity contribution in [2.75, 3.05) is 0 Å². The molecule has 1 atom stereocenters. The van der Waals surface area contributed by atoms with E-state index in [0.29, 0.717) is 5.56 Å². The average Bonchev–Trinajstić information content (AvgIpc) is 2.37. The number of hydrogen-bond acceptors (Lipinski definition) is 3. The zero-order valence-electron chi connectivity index (χ0n) is 9.88. The number of carbonyl (C=O) groups is 1. The molecule has 0 fully saturated rings. The first-order chi connectivity index (χ1) is 8.58. The van der Waals surface area contributed by atoms with Crippen molar-refractivity contribution in [1.82, 2.24) is 10.3 Å². The van der Waals surface area contributed by atoms with E-state index in [1.165, 1.54) is 0 Å². The van der Waals surface area contributed by atoms with E-state index in [1.54, 1.807) is 25.3 Å². The minimum atomic E-state index is -0.322. The standard InChI is InChI=1S/C13H13N3OS/c1-8(12(14)18)16-13(17)10-4-5-11-9(7-10)3-2-6-15-11/h2-8H,1H3,(H2,14,18)(H,16,17). The minimum absolute atomic E-state index is 0.193. The zero-order valence-corrected chi connectivity index (χ0v) is 10.7. The first-order valence-corrected chi connectivity index (χ1v) is 5.94. The lowest BCUT2D eigenvalue weighted by atomic mass is 10.1. The molecule has 1 unspecified atom stereocenters. The fourth-order valence-electron chi connectivity index (χ4n) is 1.57. The van der Waals surface area contributed by atoms with Gasteiger partial charge in [0.2, 0.25) is 0 Å². The number of thiocarbonyl (C=S) groups is 1. The van der Waals surface area contributed by atoms with Gasteiger partial charge >= 0.3 is 0 Å². The van der Waals surface area contributed by atoms with Crippen molar-refractivity contribution < 1.29 is 4.79 Å². The van der Waals surface area contributed by atoms with E-state index in [9.17, 15) is 4.79 Å².